The van der Waals surface area contributed by atoms with Crippen molar-refractivity contribution in [1.29, 1.82) is 0 Å². The monoisotopic (exact) mass is 195 g/mol. The highest BCUT2D eigenvalue weighted by Crippen LogP contribution is 2.32. The minimum atomic E-state index is 0.629. The maximum atomic E-state index is 4.17. The van der Waals surface area contributed by atoms with Gasteiger partial charge in [0, 0.05) is 12.1 Å². The van der Waals surface area contributed by atoms with E-state index < -0.39 is 0 Å². The quantitative estimate of drug-likeness (QED) is 0.591. The summed E-state index contributed by atoms with van der Waals surface area (Å²) in [7, 11) is 0. The van der Waals surface area contributed by atoms with Crippen LogP contribution in [0.3, 0.4) is 0 Å². The molecule has 13 heavy (non-hydrogen) atoms. The summed E-state index contributed by atoms with van der Waals surface area (Å²) >= 11 is 1.64. The molecule has 70 valence electrons. The first-order valence-electron chi connectivity index (χ1n) is 4.42. The Morgan fingerprint density at radius 1 is 1.54 bits per heavy atom. The Bertz CT molecular complexity index is 303. The summed E-state index contributed by atoms with van der Waals surface area (Å²) in [5.74, 6) is 1.75. The van der Waals surface area contributed by atoms with Crippen LogP contribution >= 0.6 is 11.8 Å². The maximum absolute atomic E-state index is 4.17. The fourth-order valence-electron chi connectivity index (χ4n) is 1.24. The maximum Gasteiger partial charge on any atom is 0.130 e. The van der Waals surface area contributed by atoms with Crippen molar-refractivity contribution < 1.29 is 0 Å². The first kappa shape index (κ1) is 8.81. The number of aromatic nitrogens is 2. The Kier molecular flexibility index (Phi) is 2.40. The highest BCUT2D eigenvalue weighted by atomic mass is 32.2. The van der Waals surface area contributed by atoms with Crippen LogP contribution in [0.25, 0.3) is 0 Å². The molecule has 1 aliphatic rings. The SMILES string of the molecule is CSc1cc(NC2CC2C)ncn1. The number of thioether (sulfide) groups is 1. The molecule has 0 aliphatic heterocycles. The molecule has 1 fully saturated rings. The van der Waals surface area contributed by atoms with E-state index in [-0.39, 0.29) is 0 Å². The van der Waals surface area contributed by atoms with Crippen LogP contribution in [0.5, 0.6) is 0 Å². The zero-order chi connectivity index (χ0) is 9.26. The normalized spacial score (nSPS) is 25.7. The van der Waals surface area contributed by atoms with Crippen LogP contribution in [0, 0.1) is 5.92 Å². The van der Waals surface area contributed by atoms with Crippen LogP contribution in [-0.4, -0.2) is 22.3 Å². The number of nitrogens with one attached hydrogen (secondary N) is 1. The lowest BCUT2D eigenvalue weighted by Gasteiger charge is -2.03. The molecule has 0 amide bonds. The lowest BCUT2D eigenvalue weighted by Crippen LogP contribution is -2.05. The van der Waals surface area contributed by atoms with Gasteiger partial charge in [-0.2, -0.15) is 0 Å². The Morgan fingerprint density at radius 3 is 2.92 bits per heavy atom. The summed E-state index contributed by atoms with van der Waals surface area (Å²) in [6.45, 7) is 2.24. The second kappa shape index (κ2) is 3.54. The molecule has 1 heterocycles. The third kappa shape index (κ3) is 2.12. The van der Waals surface area contributed by atoms with E-state index in [0.717, 1.165) is 16.8 Å². The third-order valence-corrected chi connectivity index (χ3v) is 2.94. The van der Waals surface area contributed by atoms with Gasteiger partial charge >= 0.3 is 0 Å². The molecule has 4 heteroatoms. The molecule has 0 radical (unpaired) electrons. The van der Waals surface area contributed by atoms with E-state index in [0.29, 0.717) is 6.04 Å². The first-order chi connectivity index (χ1) is 6.29. The molecular formula is C9H13N3S. The molecule has 0 aromatic carbocycles. The van der Waals surface area contributed by atoms with Crippen molar-refractivity contribution >= 4 is 17.6 Å². The smallest absolute Gasteiger partial charge is 0.130 e. The Labute approximate surface area is 82.4 Å². The molecule has 2 atom stereocenters. The summed E-state index contributed by atoms with van der Waals surface area (Å²) in [4.78, 5) is 8.28. The summed E-state index contributed by atoms with van der Waals surface area (Å²) < 4.78 is 0. The van der Waals surface area contributed by atoms with Crippen molar-refractivity contribution in [2.45, 2.75) is 24.4 Å². The topological polar surface area (TPSA) is 37.8 Å². The van der Waals surface area contributed by atoms with Crippen molar-refractivity contribution in [2.24, 2.45) is 5.92 Å². The zero-order valence-corrected chi connectivity index (χ0v) is 8.64. The zero-order valence-electron chi connectivity index (χ0n) is 7.82. The minimum absolute atomic E-state index is 0.629. The van der Waals surface area contributed by atoms with Crippen LogP contribution in [0.1, 0.15) is 13.3 Å². The van der Waals surface area contributed by atoms with Crippen molar-refractivity contribution in [1.82, 2.24) is 9.97 Å². The van der Waals surface area contributed by atoms with Crippen LogP contribution in [0.2, 0.25) is 0 Å². The van der Waals surface area contributed by atoms with Gasteiger partial charge in [0.1, 0.15) is 17.2 Å². The molecule has 2 unspecified atom stereocenters. The Morgan fingerprint density at radius 2 is 2.31 bits per heavy atom. The van der Waals surface area contributed by atoms with Crippen molar-refractivity contribution in [3.63, 3.8) is 0 Å². The average molecular weight is 195 g/mol. The number of nitrogens with zero attached hydrogens (tertiary/aromatic N) is 2. The molecule has 1 saturated carbocycles. The molecule has 1 aromatic heterocycles. The Hall–Kier alpha value is -0.770. The van der Waals surface area contributed by atoms with Gasteiger partial charge in [0.2, 0.25) is 0 Å². The molecule has 0 bridgehead atoms. The van der Waals surface area contributed by atoms with Crippen LogP contribution in [-0.2, 0) is 0 Å². The number of hydrogen-bond donors (Lipinski definition) is 1. The van der Waals surface area contributed by atoms with Crippen LogP contribution < -0.4 is 5.32 Å². The largest absolute Gasteiger partial charge is 0.367 e. The van der Waals surface area contributed by atoms with Gasteiger partial charge < -0.3 is 5.32 Å². The van der Waals surface area contributed by atoms with E-state index in [1.807, 2.05) is 12.3 Å². The van der Waals surface area contributed by atoms with Gasteiger partial charge in [-0.25, -0.2) is 9.97 Å². The summed E-state index contributed by atoms with van der Waals surface area (Å²) in [6.07, 6.45) is 4.89. The van der Waals surface area contributed by atoms with Gasteiger partial charge in [-0.1, -0.05) is 6.92 Å². The van der Waals surface area contributed by atoms with E-state index >= 15 is 0 Å². The van der Waals surface area contributed by atoms with E-state index in [2.05, 4.69) is 22.2 Å². The molecule has 0 spiro atoms. The van der Waals surface area contributed by atoms with Gasteiger partial charge in [-0.15, -0.1) is 11.8 Å². The average Bonchev–Trinajstić information content (AvgIpc) is 2.82. The number of anilines is 1. The highest BCUT2D eigenvalue weighted by molar-refractivity contribution is 7.98. The van der Waals surface area contributed by atoms with Gasteiger partial charge in [0.25, 0.3) is 0 Å². The molecular weight excluding hydrogens is 182 g/mol. The van der Waals surface area contributed by atoms with E-state index in [9.17, 15) is 0 Å². The standard InChI is InChI=1S/C9H13N3S/c1-6-3-7(6)12-8-4-9(13-2)11-5-10-8/h4-7H,3H2,1-2H3,(H,10,11,12). The van der Waals surface area contributed by atoms with E-state index in [1.165, 1.54) is 6.42 Å². The molecule has 1 aliphatic carbocycles. The fourth-order valence-corrected chi connectivity index (χ4v) is 1.63. The van der Waals surface area contributed by atoms with E-state index in [1.54, 1.807) is 18.1 Å². The summed E-state index contributed by atoms with van der Waals surface area (Å²) in [5, 5.41) is 4.40. The first-order valence-corrected chi connectivity index (χ1v) is 5.64. The lowest BCUT2D eigenvalue weighted by atomic mass is 10.4. The molecule has 3 nitrogen and oxygen atoms in total. The van der Waals surface area contributed by atoms with Gasteiger partial charge in [-0.3, -0.25) is 0 Å². The van der Waals surface area contributed by atoms with Gasteiger partial charge in [0.15, 0.2) is 0 Å². The molecule has 0 saturated heterocycles. The number of rotatable bonds is 3. The van der Waals surface area contributed by atoms with Crippen molar-refractivity contribution in [3.8, 4) is 0 Å². The van der Waals surface area contributed by atoms with Crippen molar-refractivity contribution in [2.75, 3.05) is 11.6 Å². The Balaban J connectivity index is 2.03. The molecule has 1 aromatic rings. The highest BCUT2D eigenvalue weighted by Gasteiger charge is 2.32. The van der Waals surface area contributed by atoms with Gasteiger partial charge in [-0.05, 0) is 18.6 Å². The predicted octanol–water partition coefficient (Wildman–Crippen LogP) is 2.02. The summed E-state index contributed by atoms with van der Waals surface area (Å²) in [6, 6.07) is 2.63. The molecule has 2 rings (SSSR count). The van der Waals surface area contributed by atoms with Crippen LogP contribution in [0.15, 0.2) is 17.4 Å². The van der Waals surface area contributed by atoms with E-state index in [4.69, 9.17) is 0 Å². The lowest BCUT2D eigenvalue weighted by molar-refractivity contribution is 0.917. The second-order valence-electron chi connectivity index (χ2n) is 3.41. The summed E-state index contributed by atoms with van der Waals surface area (Å²) in [5.41, 5.74) is 0. The second-order valence-corrected chi connectivity index (χ2v) is 4.24. The molecule has 1 N–H and O–H groups in total. The minimum Gasteiger partial charge on any atom is -0.367 e. The van der Waals surface area contributed by atoms with Crippen LogP contribution in [0.4, 0.5) is 5.82 Å². The number of hydrogen-bond acceptors (Lipinski definition) is 4. The third-order valence-electron chi connectivity index (χ3n) is 2.29. The van der Waals surface area contributed by atoms with Crippen molar-refractivity contribution in [3.05, 3.63) is 12.4 Å². The van der Waals surface area contributed by atoms with Gasteiger partial charge in [0.05, 0.1) is 0 Å². The predicted molar refractivity (Wildman–Crippen MR) is 55.0 cm³/mol. The fraction of sp³-hybridized carbons (Fsp3) is 0.556.